The molecular weight excluding hydrogens is 300 g/mol. The van der Waals surface area contributed by atoms with Crippen molar-refractivity contribution in [2.45, 2.75) is 25.3 Å². The van der Waals surface area contributed by atoms with Crippen molar-refractivity contribution in [3.8, 4) is 5.75 Å². The average Bonchev–Trinajstić information content (AvgIpc) is 2.52. The Bertz CT molecular complexity index is 683. The molecule has 22 heavy (non-hydrogen) atoms. The zero-order chi connectivity index (χ0) is 16.0. The van der Waals surface area contributed by atoms with Gasteiger partial charge in [-0.1, -0.05) is 19.9 Å². The zero-order valence-electron chi connectivity index (χ0n) is 12.7. The third-order valence-corrected chi connectivity index (χ3v) is 4.30. The maximum atomic E-state index is 12.2. The van der Waals surface area contributed by atoms with Gasteiger partial charge in [0, 0.05) is 6.20 Å². The van der Waals surface area contributed by atoms with Crippen molar-refractivity contribution in [3.63, 3.8) is 0 Å². The van der Waals surface area contributed by atoms with Crippen molar-refractivity contribution < 1.29 is 13.2 Å². The molecule has 0 unspecified atom stereocenters. The van der Waals surface area contributed by atoms with Gasteiger partial charge in [0.05, 0.1) is 23.7 Å². The Morgan fingerprint density at radius 3 is 2.45 bits per heavy atom. The molecule has 0 aliphatic heterocycles. The predicted octanol–water partition coefficient (Wildman–Crippen LogP) is 2.59. The van der Waals surface area contributed by atoms with Crippen molar-refractivity contribution in [3.05, 3.63) is 54.4 Å². The van der Waals surface area contributed by atoms with Crippen LogP contribution in [0.4, 0.5) is 0 Å². The highest BCUT2D eigenvalue weighted by Crippen LogP contribution is 2.16. The third kappa shape index (κ3) is 4.82. The molecule has 118 valence electrons. The first-order valence-corrected chi connectivity index (χ1v) is 8.58. The molecule has 0 fully saturated rings. The number of sulfonamides is 1. The lowest BCUT2D eigenvalue weighted by Gasteiger charge is -2.10. The first-order valence-electron chi connectivity index (χ1n) is 7.10. The van der Waals surface area contributed by atoms with Gasteiger partial charge in [0.15, 0.2) is 0 Å². The molecule has 1 heterocycles. The second-order valence-corrected chi connectivity index (χ2v) is 7.09. The van der Waals surface area contributed by atoms with Crippen molar-refractivity contribution in [2.75, 3.05) is 6.61 Å². The Kier molecular flexibility index (Phi) is 5.51. The largest absolute Gasteiger partial charge is 0.493 e. The van der Waals surface area contributed by atoms with Crippen LogP contribution in [0.25, 0.3) is 0 Å². The summed E-state index contributed by atoms with van der Waals surface area (Å²) < 4.78 is 32.5. The number of nitrogens with zero attached hydrogens (tertiary/aromatic N) is 1. The summed E-state index contributed by atoms with van der Waals surface area (Å²) in [5, 5.41) is 0. The highest BCUT2D eigenvalue weighted by Gasteiger charge is 2.13. The van der Waals surface area contributed by atoms with E-state index >= 15 is 0 Å². The summed E-state index contributed by atoms with van der Waals surface area (Å²) in [6, 6.07) is 11.8. The van der Waals surface area contributed by atoms with Crippen molar-refractivity contribution in [1.82, 2.24) is 9.71 Å². The fourth-order valence-electron chi connectivity index (χ4n) is 1.73. The molecule has 2 aromatic rings. The summed E-state index contributed by atoms with van der Waals surface area (Å²) in [7, 11) is -3.55. The topological polar surface area (TPSA) is 68.3 Å². The van der Waals surface area contributed by atoms with Crippen LogP contribution in [-0.2, 0) is 16.6 Å². The third-order valence-electron chi connectivity index (χ3n) is 2.89. The van der Waals surface area contributed by atoms with Crippen LogP contribution in [0.5, 0.6) is 5.75 Å². The summed E-state index contributed by atoms with van der Waals surface area (Å²) in [4.78, 5) is 4.29. The van der Waals surface area contributed by atoms with E-state index in [9.17, 15) is 8.42 Å². The zero-order valence-corrected chi connectivity index (χ0v) is 13.5. The van der Waals surface area contributed by atoms with Gasteiger partial charge in [0.1, 0.15) is 5.75 Å². The van der Waals surface area contributed by atoms with Crippen molar-refractivity contribution >= 4 is 10.0 Å². The van der Waals surface area contributed by atoms with E-state index in [0.29, 0.717) is 24.0 Å². The molecule has 5 nitrogen and oxygen atoms in total. The molecule has 0 aliphatic rings. The molecule has 0 atom stereocenters. The summed E-state index contributed by atoms with van der Waals surface area (Å²) in [5.74, 6) is 1.08. The quantitative estimate of drug-likeness (QED) is 0.851. The second kappa shape index (κ2) is 7.38. The Morgan fingerprint density at radius 2 is 1.86 bits per heavy atom. The normalized spacial score (nSPS) is 11.6. The van der Waals surface area contributed by atoms with Crippen molar-refractivity contribution in [2.24, 2.45) is 5.92 Å². The molecule has 0 saturated heterocycles. The van der Waals surface area contributed by atoms with E-state index in [0.717, 1.165) is 0 Å². The number of hydrogen-bond donors (Lipinski definition) is 1. The van der Waals surface area contributed by atoms with E-state index in [1.807, 2.05) is 6.07 Å². The number of benzene rings is 1. The van der Waals surface area contributed by atoms with Gasteiger partial charge in [0.2, 0.25) is 10.0 Å². The minimum absolute atomic E-state index is 0.161. The first-order chi connectivity index (χ1) is 10.5. The molecule has 0 bridgehead atoms. The Hall–Kier alpha value is -1.92. The molecule has 0 saturated carbocycles. The maximum Gasteiger partial charge on any atom is 0.240 e. The Labute approximate surface area is 131 Å². The molecule has 0 aliphatic carbocycles. The first kappa shape index (κ1) is 16.5. The summed E-state index contributed by atoms with van der Waals surface area (Å²) in [6.45, 7) is 4.87. The summed E-state index contributed by atoms with van der Waals surface area (Å²) in [6.07, 6.45) is 1.63. The molecular formula is C16H20N2O3S. The Balaban J connectivity index is 2.00. The smallest absolute Gasteiger partial charge is 0.240 e. The molecule has 0 radical (unpaired) electrons. The number of nitrogens with one attached hydrogen (secondary N) is 1. The molecule has 0 spiro atoms. The SMILES string of the molecule is CC(C)COc1ccc(S(=O)(=O)NCc2ccccn2)cc1. The van der Waals surface area contributed by atoms with E-state index in [2.05, 4.69) is 23.6 Å². The lowest BCUT2D eigenvalue weighted by atomic mass is 10.2. The highest BCUT2D eigenvalue weighted by atomic mass is 32.2. The molecule has 1 N–H and O–H groups in total. The van der Waals surface area contributed by atoms with Gasteiger partial charge in [-0.3, -0.25) is 4.98 Å². The molecule has 2 rings (SSSR count). The molecule has 0 amide bonds. The highest BCUT2D eigenvalue weighted by molar-refractivity contribution is 7.89. The van der Waals surface area contributed by atoms with E-state index in [1.54, 1.807) is 30.5 Å². The number of hydrogen-bond acceptors (Lipinski definition) is 4. The number of ether oxygens (including phenoxy) is 1. The van der Waals surface area contributed by atoms with Gasteiger partial charge >= 0.3 is 0 Å². The minimum atomic E-state index is -3.55. The van der Waals surface area contributed by atoms with Gasteiger partial charge in [0.25, 0.3) is 0 Å². The Morgan fingerprint density at radius 1 is 1.14 bits per heavy atom. The lowest BCUT2D eigenvalue weighted by molar-refractivity contribution is 0.271. The average molecular weight is 320 g/mol. The molecule has 1 aromatic heterocycles. The monoisotopic (exact) mass is 320 g/mol. The van der Waals surface area contributed by atoms with Gasteiger partial charge in [-0.15, -0.1) is 0 Å². The number of pyridine rings is 1. The summed E-state index contributed by atoms with van der Waals surface area (Å²) >= 11 is 0. The van der Waals surface area contributed by atoms with Crippen molar-refractivity contribution in [1.29, 1.82) is 0 Å². The van der Waals surface area contributed by atoms with Gasteiger partial charge in [-0.2, -0.15) is 0 Å². The van der Waals surface area contributed by atoms with Gasteiger partial charge < -0.3 is 4.74 Å². The van der Waals surface area contributed by atoms with Gasteiger partial charge in [-0.05, 0) is 42.3 Å². The van der Waals surface area contributed by atoms with Crippen LogP contribution in [0, 0.1) is 5.92 Å². The van der Waals surface area contributed by atoms with E-state index in [4.69, 9.17) is 4.74 Å². The number of aromatic nitrogens is 1. The van der Waals surface area contributed by atoms with Crippen LogP contribution >= 0.6 is 0 Å². The van der Waals surface area contributed by atoms with E-state index < -0.39 is 10.0 Å². The van der Waals surface area contributed by atoms with E-state index in [-0.39, 0.29) is 11.4 Å². The second-order valence-electron chi connectivity index (χ2n) is 5.32. The summed E-state index contributed by atoms with van der Waals surface area (Å²) in [5.41, 5.74) is 0.669. The maximum absolute atomic E-state index is 12.2. The van der Waals surface area contributed by atoms with Crippen LogP contribution in [0.2, 0.25) is 0 Å². The number of rotatable bonds is 7. The van der Waals surface area contributed by atoms with Crippen LogP contribution in [0.3, 0.4) is 0 Å². The predicted molar refractivity (Wildman–Crippen MR) is 85.0 cm³/mol. The fraction of sp³-hybridized carbons (Fsp3) is 0.312. The lowest BCUT2D eigenvalue weighted by Crippen LogP contribution is -2.23. The molecule has 1 aromatic carbocycles. The van der Waals surface area contributed by atoms with Gasteiger partial charge in [-0.25, -0.2) is 13.1 Å². The fourth-order valence-corrected chi connectivity index (χ4v) is 2.73. The van der Waals surface area contributed by atoms with Crippen LogP contribution < -0.4 is 9.46 Å². The standard InChI is InChI=1S/C16H20N2O3S/c1-13(2)12-21-15-6-8-16(9-7-15)22(19,20)18-11-14-5-3-4-10-17-14/h3-10,13,18H,11-12H2,1-2H3. The molecule has 6 heteroatoms. The van der Waals surface area contributed by atoms with Crippen LogP contribution in [0.15, 0.2) is 53.6 Å². The van der Waals surface area contributed by atoms with E-state index in [1.165, 1.54) is 12.1 Å². The minimum Gasteiger partial charge on any atom is -0.493 e. The van der Waals surface area contributed by atoms with Crippen LogP contribution in [-0.4, -0.2) is 20.0 Å². The van der Waals surface area contributed by atoms with Crippen LogP contribution in [0.1, 0.15) is 19.5 Å².